The Labute approximate surface area is 70.5 Å². The Hall–Kier alpha value is -1.10. The Bertz CT molecular complexity index is 227. The van der Waals surface area contributed by atoms with Crippen LogP contribution in [0, 0.1) is 0 Å². The molecule has 0 aromatic rings. The van der Waals surface area contributed by atoms with Crippen molar-refractivity contribution in [3.05, 3.63) is 0 Å². The lowest BCUT2D eigenvalue weighted by atomic mass is 10.0. The number of hydrogen-bond donors (Lipinski definition) is 1. The Morgan fingerprint density at radius 3 is 2.75 bits per heavy atom. The van der Waals surface area contributed by atoms with E-state index in [2.05, 4.69) is 4.99 Å². The van der Waals surface area contributed by atoms with Crippen LogP contribution in [-0.4, -0.2) is 31.2 Å². The van der Waals surface area contributed by atoms with Gasteiger partial charge >= 0.3 is 6.09 Å². The lowest BCUT2D eigenvalue weighted by molar-refractivity contribution is 0.0132. The summed E-state index contributed by atoms with van der Waals surface area (Å²) in [6.07, 6.45) is -0.0616. The van der Waals surface area contributed by atoms with E-state index >= 15 is 0 Å². The Balaban J connectivity index is 2.82. The molecule has 5 heteroatoms. The van der Waals surface area contributed by atoms with E-state index < -0.39 is 11.7 Å². The number of amides is 1. The molecule has 0 aromatic heterocycles. The van der Waals surface area contributed by atoms with Crippen molar-refractivity contribution in [1.82, 2.24) is 0 Å². The summed E-state index contributed by atoms with van der Waals surface area (Å²) >= 11 is 0. The number of hydrogen-bond acceptors (Lipinski definition) is 4. The van der Waals surface area contributed by atoms with Crippen molar-refractivity contribution in [3.63, 3.8) is 0 Å². The van der Waals surface area contributed by atoms with Gasteiger partial charge in [-0.05, 0) is 6.42 Å². The molecule has 68 valence electrons. The molecule has 1 heterocycles. The molecule has 0 aromatic carbocycles. The number of aliphatic imine (C=N–C) groups is 1. The molecule has 0 bridgehead atoms. The molecule has 2 N–H and O–H groups in total. The van der Waals surface area contributed by atoms with Crippen molar-refractivity contribution in [1.29, 1.82) is 0 Å². The van der Waals surface area contributed by atoms with Crippen molar-refractivity contribution < 1.29 is 14.3 Å². The average Bonchev–Trinajstić information content (AvgIpc) is 2.28. The van der Waals surface area contributed by atoms with Gasteiger partial charge in [-0.1, -0.05) is 6.92 Å². The third kappa shape index (κ3) is 1.27. The predicted octanol–water partition coefficient (Wildman–Crippen LogP) is 0.289. The van der Waals surface area contributed by atoms with Gasteiger partial charge in [0.15, 0.2) is 11.4 Å². The van der Waals surface area contributed by atoms with Gasteiger partial charge in [0.25, 0.3) is 0 Å². The summed E-state index contributed by atoms with van der Waals surface area (Å²) in [5.41, 5.74) is 4.70. The van der Waals surface area contributed by atoms with Crippen molar-refractivity contribution >= 4 is 11.9 Å². The largest absolute Gasteiger partial charge is 0.436 e. The van der Waals surface area contributed by atoms with Crippen molar-refractivity contribution in [2.45, 2.75) is 18.9 Å². The molecule has 1 aliphatic heterocycles. The maximum absolute atomic E-state index is 10.8. The molecule has 0 spiro atoms. The van der Waals surface area contributed by atoms with Crippen LogP contribution in [-0.2, 0) is 9.47 Å². The van der Waals surface area contributed by atoms with E-state index in [1.54, 1.807) is 0 Å². The van der Waals surface area contributed by atoms with Gasteiger partial charge in [-0.2, -0.15) is 4.99 Å². The quantitative estimate of drug-likeness (QED) is 0.664. The van der Waals surface area contributed by atoms with Crippen LogP contribution in [0.15, 0.2) is 4.99 Å². The van der Waals surface area contributed by atoms with E-state index in [0.29, 0.717) is 6.42 Å². The van der Waals surface area contributed by atoms with Gasteiger partial charge in [0, 0.05) is 7.11 Å². The fraction of sp³-hybridized carbons (Fsp3) is 0.714. The third-order valence-electron chi connectivity index (χ3n) is 1.91. The standard InChI is InChI=1S/C7H12N2O3/c1-3-7(4-11-2)5(8)9-6(10)12-7/h3-4H2,1-2H3,(H2,8,9,10). The second-order valence-corrected chi connectivity index (χ2v) is 2.65. The van der Waals surface area contributed by atoms with Gasteiger partial charge in [0.2, 0.25) is 0 Å². The molecule has 1 unspecified atom stereocenters. The molecule has 0 saturated heterocycles. The monoisotopic (exact) mass is 172 g/mol. The molecule has 12 heavy (non-hydrogen) atoms. The van der Waals surface area contributed by atoms with E-state index in [0.717, 1.165) is 0 Å². The van der Waals surface area contributed by atoms with Gasteiger partial charge in [-0.25, -0.2) is 4.79 Å². The molecule has 1 amide bonds. The van der Waals surface area contributed by atoms with Gasteiger partial charge in [0.1, 0.15) is 0 Å². The number of amidine groups is 1. The second kappa shape index (κ2) is 3.10. The number of carbonyl (C=O) groups is 1. The summed E-state index contributed by atoms with van der Waals surface area (Å²) in [5, 5.41) is 0. The highest BCUT2D eigenvalue weighted by Gasteiger charge is 2.42. The highest BCUT2D eigenvalue weighted by Crippen LogP contribution is 2.22. The van der Waals surface area contributed by atoms with Crippen molar-refractivity contribution in [2.24, 2.45) is 10.7 Å². The van der Waals surface area contributed by atoms with E-state index in [1.807, 2.05) is 6.92 Å². The SMILES string of the molecule is CCC1(COC)OC(=O)N=C1N. The predicted molar refractivity (Wildman–Crippen MR) is 43.0 cm³/mol. The van der Waals surface area contributed by atoms with Gasteiger partial charge < -0.3 is 15.2 Å². The van der Waals surface area contributed by atoms with E-state index in [4.69, 9.17) is 15.2 Å². The molecule has 1 atom stereocenters. The van der Waals surface area contributed by atoms with Crippen LogP contribution < -0.4 is 5.73 Å². The zero-order valence-electron chi connectivity index (χ0n) is 7.16. The highest BCUT2D eigenvalue weighted by molar-refractivity contribution is 6.02. The Kier molecular flexibility index (Phi) is 2.32. The summed E-state index contributed by atoms with van der Waals surface area (Å²) in [7, 11) is 1.52. The fourth-order valence-corrected chi connectivity index (χ4v) is 1.13. The number of ether oxygens (including phenoxy) is 2. The first kappa shape index (κ1) is 8.99. The number of carbonyl (C=O) groups excluding carboxylic acids is 1. The van der Waals surface area contributed by atoms with Crippen LogP contribution in [0.4, 0.5) is 4.79 Å². The molecule has 5 nitrogen and oxygen atoms in total. The zero-order valence-corrected chi connectivity index (χ0v) is 7.16. The molecule has 0 radical (unpaired) electrons. The summed E-state index contributed by atoms with van der Waals surface area (Å²) < 4.78 is 9.86. The molecule has 0 saturated carbocycles. The molecular weight excluding hydrogens is 160 g/mol. The number of cyclic esters (lactones) is 1. The highest BCUT2D eigenvalue weighted by atomic mass is 16.6. The smallest absolute Gasteiger partial charge is 0.431 e. The summed E-state index contributed by atoms with van der Waals surface area (Å²) in [4.78, 5) is 14.2. The van der Waals surface area contributed by atoms with Crippen LogP contribution in [0.3, 0.4) is 0 Å². The van der Waals surface area contributed by atoms with Crippen LogP contribution >= 0.6 is 0 Å². The van der Waals surface area contributed by atoms with Crippen LogP contribution in [0.1, 0.15) is 13.3 Å². The number of nitrogens with two attached hydrogens (primary N) is 1. The lowest BCUT2D eigenvalue weighted by Crippen LogP contribution is -2.46. The molecular formula is C7H12N2O3. The maximum Gasteiger partial charge on any atom is 0.436 e. The zero-order chi connectivity index (χ0) is 9.19. The summed E-state index contributed by atoms with van der Waals surface area (Å²) in [6.45, 7) is 2.12. The maximum atomic E-state index is 10.8. The first-order valence-corrected chi connectivity index (χ1v) is 3.71. The first-order chi connectivity index (χ1) is 5.64. The first-order valence-electron chi connectivity index (χ1n) is 3.71. The van der Waals surface area contributed by atoms with Gasteiger partial charge in [-0.15, -0.1) is 0 Å². The van der Waals surface area contributed by atoms with Gasteiger partial charge in [-0.3, -0.25) is 0 Å². The number of rotatable bonds is 3. The van der Waals surface area contributed by atoms with Crippen LogP contribution in [0.2, 0.25) is 0 Å². The second-order valence-electron chi connectivity index (χ2n) is 2.65. The van der Waals surface area contributed by atoms with Crippen LogP contribution in [0.25, 0.3) is 0 Å². The summed E-state index contributed by atoms with van der Waals surface area (Å²) in [6, 6.07) is 0. The van der Waals surface area contributed by atoms with E-state index in [-0.39, 0.29) is 12.4 Å². The fourth-order valence-electron chi connectivity index (χ4n) is 1.13. The molecule has 1 aliphatic rings. The molecule has 1 rings (SSSR count). The third-order valence-corrected chi connectivity index (χ3v) is 1.91. The number of nitrogens with zero attached hydrogens (tertiary/aromatic N) is 1. The minimum atomic E-state index is -0.828. The molecule has 0 aliphatic carbocycles. The Morgan fingerprint density at radius 1 is 1.75 bits per heavy atom. The van der Waals surface area contributed by atoms with E-state index in [9.17, 15) is 4.79 Å². The average molecular weight is 172 g/mol. The number of methoxy groups -OCH3 is 1. The Morgan fingerprint density at radius 2 is 2.42 bits per heavy atom. The van der Waals surface area contributed by atoms with Crippen molar-refractivity contribution in [2.75, 3.05) is 13.7 Å². The van der Waals surface area contributed by atoms with Gasteiger partial charge in [0.05, 0.1) is 6.61 Å². The minimum Gasteiger partial charge on any atom is -0.431 e. The summed E-state index contributed by atoms with van der Waals surface area (Å²) in [5.74, 6) is 0.205. The van der Waals surface area contributed by atoms with Crippen molar-refractivity contribution in [3.8, 4) is 0 Å². The normalized spacial score (nSPS) is 28.5. The van der Waals surface area contributed by atoms with Crippen LogP contribution in [0.5, 0.6) is 0 Å². The molecule has 0 fully saturated rings. The van der Waals surface area contributed by atoms with E-state index in [1.165, 1.54) is 7.11 Å². The minimum absolute atomic E-state index is 0.205. The topological polar surface area (TPSA) is 73.9 Å². The lowest BCUT2D eigenvalue weighted by Gasteiger charge is -2.24.